The van der Waals surface area contributed by atoms with Crippen molar-refractivity contribution in [3.8, 4) is 28.1 Å². The topological polar surface area (TPSA) is 57.8 Å². The molecular weight excluding hydrogens is 498 g/mol. The molecular formula is C34H33N3O3. The van der Waals surface area contributed by atoms with Crippen molar-refractivity contribution < 1.29 is 9.47 Å². The van der Waals surface area contributed by atoms with Gasteiger partial charge in [0.15, 0.2) is 0 Å². The summed E-state index contributed by atoms with van der Waals surface area (Å²) in [5.74, 6) is 0.737. The number of aryl methyl sites for hydroxylation is 1. The molecule has 202 valence electrons. The molecule has 6 rings (SSSR count). The Morgan fingerprint density at radius 1 is 0.825 bits per heavy atom. The van der Waals surface area contributed by atoms with Gasteiger partial charge in [-0.2, -0.15) is 9.61 Å². The van der Waals surface area contributed by atoms with Gasteiger partial charge in [0.2, 0.25) is 0 Å². The maximum absolute atomic E-state index is 14.4. The van der Waals surface area contributed by atoms with E-state index in [2.05, 4.69) is 22.8 Å². The highest BCUT2D eigenvalue weighted by Crippen LogP contribution is 2.37. The number of methoxy groups -OCH3 is 1. The lowest BCUT2D eigenvalue weighted by Crippen LogP contribution is -2.24. The van der Waals surface area contributed by atoms with Gasteiger partial charge in [-0.25, -0.2) is 0 Å². The standard InChI is InChI=1S/C34H33N3O3/c1-36-29(23-40-22-24-12-6-3-7-13-24)30(26-18-20-28(39-2)21-19-26)34(38)37-33(36)31(25-14-8-4-9-15-25)32(35-37)27-16-10-5-11-17-27/h3,5-7,10-14,16-21H,4,8-9,15,22-23H2,1-2H3. The minimum atomic E-state index is -0.156. The van der Waals surface area contributed by atoms with Gasteiger partial charge >= 0.3 is 0 Å². The third-order valence-electron chi connectivity index (χ3n) is 7.67. The molecule has 40 heavy (non-hydrogen) atoms. The molecule has 6 heteroatoms. The van der Waals surface area contributed by atoms with E-state index in [1.165, 1.54) is 12.0 Å². The highest BCUT2D eigenvalue weighted by Gasteiger charge is 2.26. The van der Waals surface area contributed by atoms with Crippen LogP contribution in [0.1, 0.15) is 42.5 Å². The molecule has 0 unspecified atom stereocenters. The highest BCUT2D eigenvalue weighted by atomic mass is 16.5. The summed E-state index contributed by atoms with van der Waals surface area (Å²) in [6, 6.07) is 27.9. The second-order valence-electron chi connectivity index (χ2n) is 10.2. The summed E-state index contributed by atoms with van der Waals surface area (Å²) in [6.45, 7) is 0.734. The van der Waals surface area contributed by atoms with Crippen LogP contribution in [-0.2, 0) is 25.0 Å². The molecule has 0 spiro atoms. The van der Waals surface area contributed by atoms with E-state index >= 15 is 0 Å². The third-order valence-corrected chi connectivity index (χ3v) is 7.67. The quantitative estimate of drug-likeness (QED) is 0.215. The Hall–Kier alpha value is -4.42. The fourth-order valence-electron chi connectivity index (χ4n) is 5.60. The Morgan fingerprint density at radius 2 is 1.55 bits per heavy atom. The van der Waals surface area contributed by atoms with Gasteiger partial charge in [-0.05, 0) is 54.5 Å². The number of allylic oxidation sites excluding steroid dienone is 2. The van der Waals surface area contributed by atoms with Gasteiger partial charge in [0.05, 0.1) is 31.6 Å². The van der Waals surface area contributed by atoms with Crippen LogP contribution in [0.25, 0.3) is 33.6 Å². The predicted octanol–water partition coefficient (Wildman–Crippen LogP) is 7.05. The number of rotatable bonds is 8. The van der Waals surface area contributed by atoms with Crippen LogP contribution in [-0.4, -0.2) is 21.3 Å². The van der Waals surface area contributed by atoms with Crippen LogP contribution in [0.2, 0.25) is 0 Å². The average molecular weight is 532 g/mol. The zero-order valence-corrected chi connectivity index (χ0v) is 23.0. The number of fused-ring (bicyclic) bond motifs is 1. The van der Waals surface area contributed by atoms with E-state index in [9.17, 15) is 4.79 Å². The van der Waals surface area contributed by atoms with Gasteiger partial charge in [-0.1, -0.05) is 78.9 Å². The molecule has 1 aliphatic rings. The van der Waals surface area contributed by atoms with Crippen molar-refractivity contribution >= 4 is 11.2 Å². The fraction of sp³-hybridized carbons (Fsp3) is 0.235. The first-order valence-electron chi connectivity index (χ1n) is 13.8. The summed E-state index contributed by atoms with van der Waals surface area (Å²) in [6.07, 6.45) is 6.63. The molecule has 0 aliphatic heterocycles. The van der Waals surface area contributed by atoms with Crippen molar-refractivity contribution in [2.24, 2.45) is 7.05 Å². The Bertz CT molecular complexity index is 1720. The molecule has 0 saturated carbocycles. The summed E-state index contributed by atoms with van der Waals surface area (Å²) in [7, 11) is 3.66. The lowest BCUT2D eigenvalue weighted by Gasteiger charge is -2.19. The number of aromatic nitrogens is 3. The zero-order chi connectivity index (χ0) is 27.5. The van der Waals surface area contributed by atoms with Crippen LogP contribution >= 0.6 is 0 Å². The molecule has 0 saturated heterocycles. The zero-order valence-electron chi connectivity index (χ0n) is 23.0. The van der Waals surface area contributed by atoms with Crippen molar-refractivity contribution in [3.63, 3.8) is 0 Å². The molecule has 2 heterocycles. The maximum atomic E-state index is 14.4. The molecule has 1 aliphatic carbocycles. The van der Waals surface area contributed by atoms with Crippen LogP contribution in [0.3, 0.4) is 0 Å². The number of nitrogens with zero attached hydrogens (tertiary/aromatic N) is 3. The lowest BCUT2D eigenvalue weighted by molar-refractivity contribution is 0.103. The molecule has 0 bridgehead atoms. The SMILES string of the molecule is COc1ccc(-c2c(COCc3ccccc3)n(C)c3c(C4=CCCCC4)c(-c4ccccc4)nn3c2=O)cc1. The molecule has 0 fully saturated rings. The highest BCUT2D eigenvalue weighted by molar-refractivity contribution is 5.88. The molecule has 0 amide bonds. The first-order chi connectivity index (χ1) is 19.7. The van der Waals surface area contributed by atoms with Crippen molar-refractivity contribution in [2.45, 2.75) is 38.9 Å². The van der Waals surface area contributed by atoms with E-state index in [0.29, 0.717) is 12.2 Å². The number of benzene rings is 3. The Labute approximate surface area is 234 Å². The summed E-state index contributed by atoms with van der Waals surface area (Å²) >= 11 is 0. The fourth-order valence-corrected chi connectivity index (χ4v) is 5.60. The smallest absolute Gasteiger partial charge is 0.282 e. The summed E-state index contributed by atoms with van der Waals surface area (Å²) in [5.41, 5.74) is 8.06. The van der Waals surface area contributed by atoms with Gasteiger partial charge in [0, 0.05) is 18.2 Å². The minimum absolute atomic E-state index is 0.156. The Morgan fingerprint density at radius 3 is 2.23 bits per heavy atom. The van der Waals surface area contributed by atoms with Crippen molar-refractivity contribution in [2.75, 3.05) is 7.11 Å². The molecule has 0 N–H and O–H groups in total. The average Bonchev–Trinajstić information content (AvgIpc) is 3.43. The van der Waals surface area contributed by atoms with Gasteiger partial charge < -0.3 is 14.0 Å². The van der Waals surface area contributed by atoms with Gasteiger partial charge in [-0.3, -0.25) is 4.79 Å². The lowest BCUT2D eigenvalue weighted by atomic mass is 9.92. The largest absolute Gasteiger partial charge is 0.497 e. The Balaban J connectivity index is 1.58. The molecule has 3 aromatic carbocycles. The minimum Gasteiger partial charge on any atom is -0.497 e. The predicted molar refractivity (Wildman–Crippen MR) is 159 cm³/mol. The van der Waals surface area contributed by atoms with Crippen LogP contribution in [0.15, 0.2) is 95.8 Å². The summed E-state index contributed by atoms with van der Waals surface area (Å²) < 4.78 is 15.3. The molecule has 5 aromatic rings. The van der Waals surface area contributed by atoms with E-state index in [-0.39, 0.29) is 12.2 Å². The first kappa shape index (κ1) is 25.8. The van der Waals surface area contributed by atoms with E-state index in [1.807, 2.05) is 79.8 Å². The first-order valence-corrected chi connectivity index (χ1v) is 13.8. The van der Waals surface area contributed by atoms with Crippen LogP contribution in [0.4, 0.5) is 0 Å². The van der Waals surface area contributed by atoms with Gasteiger partial charge in [0.1, 0.15) is 17.1 Å². The second-order valence-corrected chi connectivity index (χ2v) is 10.2. The van der Waals surface area contributed by atoms with E-state index < -0.39 is 0 Å². The molecule has 0 radical (unpaired) electrons. The van der Waals surface area contributed by atoms with E-state index in [0.717, 1.165) is 64.3 Å². The van der Waals surface area contributed by atoms with Crippen molar-refractivity contribution in [1.82, 2.24) is 14.2 Å². The summed E-state index contributed by atoms with van der Waals surface area (Å²) in [5, 5.41) is 4.98. The molecule has 2 aromatic heterocycles. The molecule has 6 nitrogen and oxygen atoms in total. The van der Waals surface area contributed by atoms with Crippen molar-refractivity contribution in [3.05, 3.63) is 118 Å². The van der Waals surface area contributed by atoms with E-state index in [4.69, 9.17) is 14.6 Å². The normalized spacial score (nSPS) is 13.4. The van der Waals surface area contributed by atoms with Crippen LogP contribution in [0.5, 0.6) is 5.75 Å². The van der Waals surface area contributed by atoms with Gasteiger partial charge in [0.25, 0.3) is 5.56 Å². The van der Waals surface area contributed by atoms with Crippen molar-refractivity contribution in [1.29, 1.82) is 0 Å². The number of hydrogen-bond donors (Lipinski definition) is 0. The number of ether oxygens (including phenoxy) is 2. The summed E-state index contributed by atoms with van der Waals surface area (Å²) in [4.78, 5) is 14.4. The maximum Gasteiger partial charge on any atom is 0.282 e. The van der Waals surface area contributed by atoms with Crippen LogP contribution in [0, 0.1) is 0 Å². The van der Waals surface area contributed by atoms with Crippen LogP contribution < -0.4 is 10.3 Å². The second kappa shape index (κ2) is 11.4. The van der Waals surface area contributed by atoms with E-state index in [1.54, 1.807) is 11.6 Å². The Kier molecular flexibility index (Phi) is 7.34. The third kappa shape index (κ3) is 4.87. The monoisotopic (exact) mass is 531 g/mol. The van der Waals surface area contributed by atoms with Gasteiger partial charge in [-0.15, -0.1) is 0 Å². The molecule has 0 atom stereocenters. The number of hydrogen-bond acceptors (Lipinski definition) is 4.